The Balaban J connectivity index is 2.26. The van der Waals surface area contributed by atoms with Crippen LogP contribution in [0.2, 0.25) is 0 Å². The smallest absolute Gasteiger partial charge is 0.247 e. The van der Waals surface area contributed by atoms with E-state index in [0.717, 1.165) is 24.0 Å². The first kappa shape index (κ1) is 22.6. The average Bonchev–Trinajstić information content (AvgIpc) is 2.75. The van der Waals surface area contributed by atoms with Crippen LogP contribution in [0.5, 0.6) is 0 Å². The lowest BCUT2D eigenvalue weighted by Crippen LogP contribution is -2.43. The molecule has 2 aromatic rings. The molecule has 29 heavy (non-hydrogen) atoms. The maximum Gasteiger partial charge on any atom is 0.247 e. The van der Waals surface area contributed by atoms with Crippen LogP contribution in [-0.2, 0) is 20.9 Å². The van der Waals surface area contributed by atoms with E-state index < -0.39 is 6.04 Å². The summed E-state index contributed by atoms with van der Waals surface area (Å²) in [5, 5.41) is 2.99. The molecule has 5 nitrogen and oxygen atoms in total. The van der Waals surface area contributed by atoms with E-state index in [1.54, 1.807) is 4.90 Å². The first-order valence-corrected chi connectivity index (χ1v) is 10.4. The van der Waals surface area contributed by atoms with Crippen LogP contribution in [0.15, 0.2) is 60.7 Å². The zero-order valence-electron chi connectivity index (χ0n) is 17.5. The molecule has 0 radical (unpaired) electrons. The number of nitrogens with one attached hydrogen (secondary N) is 1. The van der Waals surface area contributed by atoms with Gasteiger partial charge >= 0.3 is 0 Å². The molecular formula is C24H32N2O3. The number of carbonyl (C=O) groups excluding carboxylic acids is 2. The van der Waals surface area contributed by atoms with Crippen molar-refractivity contribution in [3.05, 3.63) is 71.8 Å². The zero-order valence-corrected chi connectivity index (χ0v) is 17.5. The second-order valence-electron chi connectivity index (χ2n) is 6.91. The highest BCUT2D eigenvalue weighted by Gasteiger charge is 2.30. The van der Waals surface area contributed by atoms with Crippen LogP contribution in [-0.4, -0.2) is 36.5 Å². The number of ether oxygens (including phenoxy) is 1. The van der Waals surface area contributed by atoms with Gasteiger partial charge in [-0.1, -0.05) is 67.6 Å². The Morgan fingerprint density at radius 1 is 1.00 bits per heavy atom. The molecule has 2 aromatic carbocycles. The molecule has 2 amide bonds. The van der Waals surface area contributed by atoms with E-state index in [-0.39, 0.29) is 11.8 Å². The predicted molar refractivity (Wildman–Crippen MR) is 115 cm³/mol. The summed E-state index contributed by atoms with van der Waals surface area (Å²) in [6, 6.07) is 18.7. The monoisotopic (exact) mass is 396 g/mol. The second-order valence-corrected chi connectivity index (χ2v) is 6.91. The van der Waals surface area contributed by atoms with Crippen molar-refractivity contribution in [3.63, 3.8) is 0 Å². The van der Waals surface area contributed by atoms with Crippen molar-refractivity contribution >= 4 is 11.8 Å². The Morgan fingerprint density at radius 2 is 1.66 bits per heavy atom. The van der Waals surface area contributed by atoms with Gasteiger partial charge < -0.3 is 15.0 Å². The molecule has 1 atom stereocenters. The van der Waals surface area contributed by atoms with Crippen LogP contribution in [0.25, 0.3) is 0 Å². The molecule has 0 aliphatic heterocycles. The Labute approximate surface area is 174 Å². The Morgan fingerprint density at radius 3 is 2.28 bits per heavy atom. The topological polar surface area (TPSA) is 58.6 Å². The molecule has 0 saturated heterocycles. The van der Waals surface area contributed by atoms with Gasteiger partial charge in [0.25, 0.3) is 0 Å². The largest absolute Gasteiger partial charge is 0.382 e. The minimum atomic E-state index is -0.664. The maximum atomic E-state index is 13.2. The SMILES string of the molecule is CCCC(=O)N(Cc1ccccc1)[C@H](C(=O)NCCCOCC)c1ccccc1. The van der Waals surface area contributed by atoms with Crippen LogP contribution >= 0.6 is 0 Å². The lowest BCUT2D eigenvalue weighted by Gasteiger charge is -2.31. The first-order valence-electron chi connectivity index (χ1n) is 10.4. The molecule has 156 valence electrons. The number of rotatable bonds is 12. The van der Waals surface area contributed by atoms with Gasteiger partial charge in [-0.3, -0.25) is 9.59 Å². The van der Waals surface area contributed by atoms with Gasteiger partial charge in [-0.2, -0.15) is 0 Å². The highest BCUT2D eigenvalue weighted by Crippen LogP contribution is 2.25. The zero-order chi connectivity index (χ0) is 20.9. The van der Waals surface area contributed by atoms with E-state index >= 15 is 0 Å². The van der Waals surface area contributed by atoms with Crippen molar-refractivity contribution < 1.29 is 14.3 Å². The lowest BCUT2D eigenvalue weighted by atomic mass is 10.0. The molecule has 0 fully saturated rings. The van der Waals surface area contributed by atoms with E-state index in [2.05, 4.69) is 5.32 Å². The molecule has 0 bridgehead atoms. The summed E-state index contributed by atoms with van der Waals surface area (Å²) < 4.78 is 5.34. The van der Waals surface area contributed by atoms with Crippen molar-refractivity contribution in [1.82, 2.24) is 10.2 Å². The van der Waals surface area contributed by atoms with Gasteiger partial charge in [0.05, 0.1) is 0 Å². The summed E-state index contributed by atoms with van der Waals surface area (Å²) in [4.78, 5) is 27.9. The Hall–Kier alpha value is -2.66. The third-order valence-corrected chi connectivity index (χ3v) is 4.62. The van der Waals surface area contributed by atoms with E-state index in [9.17, 15) is 9.59 Å². The van der Waals surface area contributed by atoms with Crippen LogP contribution in [0.4, 0.5) is 0 Å². The van der Waals surface area contributed by atoms with Crippen molar-refractivity contribution in [2.75, 3.05) is 19.8 Å². The molecule has 1 N–H and O–H groups in total. The highest BCUT2D eigenvalue weighted by atomic mass is 16.5. The summed E-state index contributed by atoms with van der Waals surface area (Å²) >= 11 is 0. The van der Waals surface area contributed by atoms with E-state index in [4.69, 9.17) is 4.74 Å². The van der Waals surface area contributed by atoms with Gasteiger partial charge in [0.2, 0.25) is 11.8 Å². The van der Waals surface area contributed by atoms with E-state index in [0.29, 0.717) is 32.7 Å². The van der Waals surface area contributed by atoms with Gasteiger partial charge in [-0.05, 0) is 30.9 Å². The molecule has 0 spiro atoms. The van der Waals surface area contributed by atoms with E-state index in [1.165, 1.54) is 0 Å². The molecule has 0 aromatic heterocycles. The number of nitrogens with zero attached hydrogens (tertiary/aromatic N) is 1. The Kier molecular flexibility index (Phi) is 9.93. The number of hydrogen-bond acceptors (Lipinski definition) is 3. The van der Waals surface area contributed by atoms with Crippen molar-refractivity contribution in [3.8, 4) is 0 Å². The summed E-state index contributed by atoms with van der Waals surface area (Å²) in [5.41, 5.74) is 1.82. The fourth-order valence-corrected chi connectivity index (χ4v) is 3.20. The van der Waals surface area contributed by atoms with Crippen molar-refractivity contribution in [2.45, 2.75) is 45.7 Å². The van der Waals surface area contributed by atoms with Gasteiger partial charge in [-0.25, -0.2) is 0 Å². The molecule has 0 aliphatic rings. The van der Waals surface area contributed by atoms with Crippen LogP contribution < -0.4 is 5.32 Å². The number of benzene rings is 2. The molecule has 0 heterocycles. The molecule has 5 heteroatoms. The van der Waals surface area contributed by atoms with Crippen LogP contribution in [0.3, 0.4) is 0 Å². The minimum Gasteiger partial charge on any atom is -0.382 e. The number of carbonyl (C=O) groups is 2. The van der Waals surface area contributed by atoms with Gasteiger partial charge in [0.1, 0.15) is 6.04 Å². The molecule has 0 saturated carbocycles. The fourth-order valence-electron chi connectivity index (χ4n) is 3.20. The molecule has 0 aliphatic carbocycles. The third-order valence-electron chi connectivity index (χ3n) is 4.62. The average molecular weight is 397 g/mol. The number of hydrogen-bond donors (Lipinski definition) is 1. The summed E-state index contributed by atoms with van der Waals surface area (Å²) in [6.45, 7) is 6.11. The molecule has 2 rings (SSSR count). The summed E-state index contributed by atoms with van der Waals surface area (Å²) in [5.74, 6) is -0.178. The Bertz CT molecular complexity index is 734. The third kappa shape index (κ3) is 7.35. The normalized spacial score (nSPS) is 11.7. The summed E-state index contributed by atoms with van der Waals surface area (Å²) in [6.07, 6.45) is 1.89. The van der Waals surface area contributed by atoms with Gasteiger partial charge in [0.15, 0.2) is 0 Å². The fraction of sp³-hybridized carbons (Fsp3) is 0.417. The minimum absolute atomic E-state index is 0.0188. The highest BCUT2D eigenvalue weighted by molar-refractivity contribution is 5.88. The predicted octanol–water partition coefficient (Wildman–Crippen LogP) is 4.10. The second kappa shape index (κ2) is 12.7. The number of amides is 2. The van der Waals surface area contributed by atoms with E-state index in [1.807, 2.05) is 74.5 Å². The standard InChI is InChI=1S/C24H32N2O3/c1-3-12-22(27)26(19-20-13-7-5-8-14-20)23(21-15-9-6-10-16-21)24(28)25-17-11-18-29-4-2/h5-10,13-16,23H,3-4,11-12,17-19H2,1-2H3,(H,25,28)/t23-/m0/s1. The summed E-state index contributed by atoms with van der Waals surface area (Å²) in [7, 11) is 0. The van der Waals surface area contributed by atoms with Crippen LogP contribution in [0, 0.1) is 0 Å². The lowest BCUT2D eigenvalue weighted by molar-refractivity contribution is -0.141. The maximum absolute atomic E-state index is 13.2. The molecular weight excluding hydrogens is 364 g/mol. The van der Waals surface area contributed by atoms with Gasteiger partial charge in [-0.15, -0.1) is 0 Å². The van der Waals surface area contributed by atoms with Crippen molar-refractivity contribution in [1.29, 1.82) is 0 Å². The van der Waals surface area contributed by atoms with Crippen LogP contribution in [0.1, 0.15) is 50.3 Å². The first-order chi connectivity index (χ1) is 14.2. The van der Waals surface area contributed by atoms with Gasteiger partial charge in [0, 0.05) is 32.7 Å². The van der Waals surface area contributed by atoms with Crippen molar-refractivity contribution in [2.24, 2.45) is 0 Å². The molecule has 0 unspecified atom stereocenters. The quantitative estimate of drug-likeness (QED) is 0.550.